The minimum Gasteiger partial charge on any atom is -0.342 e. The van der Waals surface area contributed by atoms with Crippen molar-refractivity contribution in [2.75, 3.05) is 13.1 Å². The Labute approximate surface area is 171 Å². The molecule has 5 nitrogen and oxygen atoms in total. The molecule has 2 amide bonds. The number of benzene rings is 1. The van der Waals surface area contributed by atoms with Crippen molar-refractivity contribution in [3.8, 4) is 6.07 Å². The molecule has 1 unspecified atom stereocenters. The molecule has 1 aromatic carbocycles. The molecule has 0 aromatic heterocycles. The fourth-order valence-electron chi connectivity index (χ4n) is 4.66. The van der Waals surface area contributed by atoms with Crippen LogP contribution in [-0.4, -0.2) is 35.3 Å². The van der Waals surface area contributed by atoms with E-state index in [0.717, 1.165) is 56.5 Å². The van der Waals surface area contributed by atoms with Gasteiger partial charge in [0.25, 0.3) is 0 Å². The van der Waals surface area contributed by atoms with E-state index in [0.29, 0.717) is 12.5 Å². The number of nitrogens with zero attached hydrogens (tertiary/aromatic N) is 2. The quantitative estimate of drug-likeness (QED) is 0.840. The molecule has 2 aliphatic carbocycles. The van der Waals surface area contributed by atoms with Crippen LogP contribution in [0.5, 0.6) is 0 Å². The van der Waals surface area contributed by atoms with Crippen molar-refractivity contribution in [1.29, 1.82) is 5.26 Å². The predicted molar refractivity (Wildman–Crippen MR) is 107 cm³/mol. The Morgan fingerprint density at radius 1 is 1.11 bits per heavy atom. The third-order valence-corrected chi connectivity index (χ3v) is 6.84. The molecule has 3 fully saturated rings. The summed E-state index contributed by atoms with van der Waals surface area (Å²) in [4.78, 5) is 28.0. The summed E-state index contributed by atoms with van der Waals surface area (Å²) >= 11 is 5.98. The van der Waals surface area contributed by atoms with E-state index >= 15 is 0 Å². The van der Waals surface area contributed by atoms with Gasteiger partial charge in [0.15, 0.2) is 0 Å². The number of rotatable bonds is 4. The smallest absolute Gasteiger partial charge is 0.226 e. The lowest BCUT2D eigenvalue weighted by Gasteiger charge is -2.33. The largest absolute Gasteiger partial charge is 0.342 e. The molecule has 0 spiro atoms. The van der Waals surface area contributed by atoms with Crippen LogP contribution in [0.25, 0.3) is 0 Å². The van der Waals surface area contributed by atoms with Crippen LogP contribution in [0.4, 0.5) is 0 Å². The zero-order valence-electron chi connectivity index (χ0n) is 16.0. The normalized spacial score (nSPS) is 28.4. The van der Waals surface area contributed by atoms with Gasteiger partial charge in [-0.15, -0.1) is 0 Å². The maximum absolute atomic E-state index is 13.3. The number of nitriles is 1. The lowest BCUT2D eigenvalue weighted by Crippen LogP contribution is -2.47. The average molecular weight is 400 g/mol. The summed E-state index contributed by atoms with van der Waals surface area (Å²) in [6.45, 7) is 1.44. The third kappa shape index (κ3) is 3.89. The molecule has 4 rings (SSSR count). The SMILES string of the molecule is N#CC1(NC(=O)[C@@H]2CCCC[C@H]2C(=O)N2CCC(c3ccc(Cl)cc3)C2)CC1. The van der Waals surface area contributed by atoms with Gasteiger partial charge in [-0.25, -0.2) is 0 Å². The molecule has 0 bridgehead atoms. The summed E-state index contributed by atoms with van der Waals surface area (Å²) in [6.07, 6.45) is 5.82. The number of carbonyl (C=O) groups is 2. The van der Waals surface area contributed by atoms with E-state index in [9.17, 15) is 14.9 Å². The van der Waals surface area contributed by atoms with Crippen molar-refractivity contribution in [1.82, 2.24) is 10.2 Å². The molecule has 148 valence electrons. The first-order chi connectivity index (χ1) is 13.5. The Balaban J connectivity index is 1.41. The highest BCUT2D eigenvalue weighted by molar-refractivity contribution is 6.30. The highest BCUT2D eigenvalue weighted by Crippen LogP contribution is 2.38. The van der Waals surface area contributed by atoms with Crippen molar-refractivity contribution in [3.63, 3.8) is 0 Å². The van der Waals surface area contributed by atoms with Crippen LogP contribution in [0.15, 0.2) is 24.3 Å². The van der Waals surface area contributed by atoms with Gasteiger partial charge in [0, 0.05) is 35.9 Å². The fraction of sp³-hybridized carbons (Fsp3) is 0.591. The molecule has 3 aliphatic rings. The highest BCUT2D eigenvalue weighted by Gasteiger charge is 2.47. The number of amides is 2. The summed E-state index contributed by atoms with van der Waals surface area (Å²) in [5, 5.41) is 12.9. The molecular formula is C22H26ClN3O2. The molecule has 6 heteroatoms. The zero-order valence-corrected chi connectivity index (χ0v) is 16.8. The Kier molecular flexibility index (Phi) is 5.33. The molecule has 3 atom stereocenters. The number of nitrogens with one attached hydrogen (secondary N) is 1. The van der Waals surface area contributed by atoms with E-state index in [4.69, 9.17) is 11.6 Å². The summed E-state index contributed by atoms with van der Waals surface area (Å²) in [5.41, 5.74) is 0.539. The van der Waals surface area contributed by atoms with Crippen molar-refractivity contribution >= 4 is 23.4 Å². The minimum atomic E-state index is -0.671. The monoisotopic (exact) mass is 399 g/mol. The average Bonchev–Trinajstić information content (AvgIpc) is 3.32. The number of carbonyl (C=O) groups excluding carboxylic acids is 2. The maximum Gasteiger partial charge on any atom is 0.226 e. The lowest BCUT2D eigenvalue weighted by molar-refractivity contribution is -0.143. The van der Waals surface area contributed by atoms with Crippen LogP contribution >= 0.6 is 11.6 Å². The van der Waals surface area contributed by atoms with Crippen LogP contribution in [0.1, 0.15) is 56.4 Å². The second-order valence-corrected chi connectivity index (χ2v) is 8.94. The van der Waals surface area contributed by atoms with E-state index in [1.54, 1.807) is 0 Å². The van der Waals surface area contributed by atoms with Crippen LogP contribution in [0.2, 0.25) is 5.02 Å². The van der Waals surface area contributed by atoms with Gasteiger partial charge in [0.05, 0.1) is 6.07 Å². The zero-order chi connectivity index (χ0) is 19.7. The molecule has 28 heavy (non-hydrogen) atoms. The number of halogens is 1. The Morgan fingerprint density at radius 2 is 1.79 bits per heavy atom. The van der Waals surface area contributed by atoms with Crippen molar-refractivity contribution in [2.24, 2.45) is 11.8 Å². The molecule has 1 heterocycles. The van der Waals surface area contributed by atoms with E-state index in [2.05, 4.69) is 11.4 Å². The van der Waals surface area contributed by atoms with Gasteiger partial charge < -0.3 is 10.2 Å². The first-order valence-corrected chi connectivity index (χ1v) is 10.7. The number of hydrogen-bond donors (Lipinski definition) is 1. The van der Waals surface area contributed by atoms with Gasteiger partial charge in [-0.05, 0) is 49.8 Å². The minimum absolute atomic E-state index is 0.106. The molecule has 1 N–H and O–H groups in total. The first kappa shape index (κ1) is 19.3. The van der Waals surface area contributed by atoms with Crippen molar-refractivity contribution < 1.29 is 9.59 Å². The Bertz CT molecular complexity index is 797. The molecule has 0 radical (unpaired) electrons. The van der Waals surface area contributed by atoms with E-state index in [1.807, 2.05) is 29.2 Å². The van der Waals surface area contributed by atoms with Gasteiger partial charge in [-0.1, -0.05) is 36.6 Å². The first-order valence-electron chi connectivity index (χ1n) is 10.3. The molecule has 1 aromatic rings. The van der Waals surface area contributed by atoms with Crippen LogP contribution in [0, 0.1) is 23.2 Å². The topological polar surface area (TPSA) is 73.2 Å². The summed E-state index contributed by atoms with van der Waals surface area (Å²) < 4.78 is 0. The van der Waals surface area contributed by atoms with Crippen LogP contribution in [0.3, 0.4) is 0 Å². The number of hydrogen-bond acceptors (Lipinski definition) is 3. The van der Waals surface area contributed by atoms with Crippen molar-refractivity contribution in [2.45, 2.75) is 56.4 Å². The Morgan fingerprint density at radius 3 is 2.43 bits per heavy atom. The molecule has 1 aliphatic heterocycles. The second-order valence-electron chi connectivity index (χ2n) is 8.50. The number of likely N-dealkylation sites (tertiary alicyclic amines) is 1. The summed E-state index contributed by atoms with van der Waals surface area (Å²) in [7, 11) is 0. The standard InChI is InChI=1S/C22H26ClN3O2/c23-17-7-5-15(6-8-17)16-9-12-26(13-16)21(28)19-4-2-1-3-18(19)20(27)25-22(14-24)10-11-22/h5-8,16,18-19H,1-4,9-13H2,(H,25,27)/t16?,18-,19-/m1/s1. The van der Waals surface area contributed by atoms with Gasteiger partial charge >= 0.3 is 0 Å². The van der Waals surface area contributed by atoms with Crippen molar-refractivity contribution in [3.05, 3.63) is 34.9 Å². The van der Waals surface area contributed by atoms with E-state index in [1.165, 1.54) is 5.56 Å². The van der Waals surface area contributed by atoms with Crippen LogP contribution in [-0.2, 0) is 9.59 Å². The van der Waals surface area contributed by atoms with Gasteiger partial charge in [-0.2, -0.15) is 5.26 Å². The highest BCUT2D eigenvalue weighted by atomic mass is 35.5. The predicted octanol–water partition coefficient (Wildman–Crippen LogP) is 3.63. The van der Waals surface area contributed by atoms with E-state index in [-0.39, 0.29) is 23.7 Å². The maximum atomic E-state index is 13.3. The molecule has 1 saturated heterocycles. The van der Waals surface area contributed by atoms with Crippen LogP contribution < -0.4 is 5.32 Å². The van der Waals surface area contributed by atoms with Gasteiger partial charge in [0.1, 0.15) is 5.54 Å². The second kappa shape index (κ2) is 7.75. The molecular weight excluding hydrogens is 374 g/mol. The molecule has 2 saturated carbocycles. The van der Waals surface area contributed by atoms with E-state index < -0.39 is 5.54 Å². The third-order valence-electron chi connectivity index (χ3n) is 6.59. The summed E-state index contributed by atoms with van der Waals surface area (Å²) in [6, 6.07) is 10.1. The summed E-state index contributed by atoms with van der Waals surface area (Å²) in [5.74, 6) is -0.233. The van der Waals surface area contributed by atoms with Gasteiger partial charge in [0.2, 0.25) is 11.8 Å². The van der Waals surface area contributed by atoms with Gasteiger partial charge in [-0.3, -0.25) is 9.59 Å². The lowest BCUT2D eigenvalue weighted by atomic mass is 9.77. The fourth-order valence-corrected chi connectivity index (χ4v) is 4.79. The Hall–Kier alpha value is -2.06.